The summed E-state index contributed by atoms with van der Waals surface area (Å²) >= 11 is 2.92. The van der Waals surface area contributed by atoms with Crippen molar-refractivity contribution in [1.82, 2.24) is 14.4 Å². The van der Waals surface area contributed by atoms with Gasteiger partial charge in [0.1, 0.15) is 10.7 Å². The van der Waals surface area contributed by atoms with E-state index in [1.54, 1.807) is 17.5 Å². The van der Waals surface area contributed by atoms with Crippen molar-refractivity contribution < 1.29 is 0 Å². The van der Waals surface area contributed by atoms with Crippen LogP contribution in [0.4, 0.5) is 0 Å². The van der Waals surface area contributed by atoms with Gasteiger partial charge in [-0.3, -0.25) is 9.20 Å². The van der Waals surface area contributed by atoms with Gasteiger partial charge in [0.2, 0.25) is 0 Å². The Hall–Kier alpha value is -2.71. The largest absolute Gasteiger partial charge is 0.323 e. The van der Waals surface area contributed by atoms with E-state index in [4.69, 9.17) is 5.84 Å². The average molecular weight is 367 g/mol. The van der Waals surface area contributed by atoms with Crippen molar-refractivity contribution in [3.05, 3.63) is 64.1 Å². The van der Waals surface area contributed by atoms with Gasteiger partial charge in [-0.25, -0.2) is 9.97 Å². The molecule has 0 saturated heterocycles. The molecule has 3 heterocycles. The second kappa shape index (κ2) is 6.30. The molecule has 0 aliphatic rings. The molecule has 25 heavy (non-hydrogen) atoms. The van der Waals surface area contributed by atoms with E-state index >= 15 is 0 Å². The summed E-state index contributed by atoms with van der Waals surface area (Å²) in [5.74, 6) is 5.30. The maximum atomic E-state index is 12.8. The number of aryl methyl sites for hydroxylation is 1. The van der Waals surface area contributed by atoms with Crippen LogP contribution in [0.15, 0.2) is 61.9 Å². The van der Waals surface area contributed by atoms with Gasteiger partial charge >= 0.3 is 0 Å². The Kier molecular flexibility index (Phi) is 3.98. The zero-order chi connectivity index (χ0) is 17.4. The van der Waals surface area contributed by atoms with Gasteiger partial charge in [-0.2, -0.15) is 5.10 Å². The topological polar surface area (TPSA) is 85.6 Å². The van der Waals surface area contributed by atoms with E-state index in [1.165, 1.54) is 22.4 Å². The third kappa shape index (κ3) is 2.79. The zero-order valence-corrected chi connectivity index (χ0v) is 14.8. The van der Waals surface area contributed by atoms with Crippen LogP contribution in [0.2, 0.25) is 0 Å². The Morgan fingerprint density at radius 1 is 1.24 bits per heavy atom. The highest BCUT2D eigenvalue weighted by molar-refractivity contribution is 8.01. The minimum Gasteiger partial charge on any atom is -0.323 e. The molecule has 0 unspecified atom stereocenters. The summed E-state index contributed by atoms with van der Waals surface area (Å²) in [4.78, 5) is 22.1. The predicted molar refractivity (Wildman–Crippen MR) is 102 cm³/mol. The van der Waals surface area contributed by atoms with E-state index in [1.807, 2.05) is 43.3 Å². The molecule has 4 aromatic rings. The lowest BCUT2D eigenvalue weighted by molar-refractivity contribution is 0.966. The predicted octanol–water partition coefficient (Wildman–Crippen LogP) is 3.06. The molecule has 0 aliphatic heterocycles. The fourth-order valence-corrected chi connectivity index (χ4v) is 4.59. The van der Waals surface area contributed by atoms with Crippen molar-refractivity contribution in [3.63, 3.8) is 0 Å². The number of benzene rings is 1. The zero-order valence-electron chi connectivity index (χ0n) is 13.2. The number of nitrogens with zero attached hydrogens (tertiary/aromatic N) is 4. The molecule has 0 atom stereocenters. The quantitative estimate of drug-likeness (QED) is 0.260. The van der Waals surface area contributed by atoms with Crippen molar-refractivity contribution in [3.8, 4) is 0 Å². The maximum absolute atomic E-state index is 12.8. The van der Waals surface area contributed by atoms with Crippen molar-refractivity contribution in [2.24, 2.45) is 10.9 Å². The number of fused-ring (bicyclic) bond motifs is 2. The van der Waals surface area contributed by atoms with Crippen LogP contribution in [0.5, 0.6) is 0 Å². The minimum atomic E-state index is -0.202. The molecule has 0 fully saturated rings. The highest BCUT2D eigenvalue weighted by atomic mass is 32.2. The van der Waals surface area contributed by atoms with Gasteiger partial charge in [0.05, 0.1) is 22.0 Å². The van der Waals surface area contributed by atoms with Crippen LogP contribution < -0.4 is 11.4 Å². The van der Waals surface area contributed by atoms with Crippen LogP contribution >= 0.6 is 23.1 Å². The first-order valence-corrected chi connectivity index (χ1v) is 9.09. The monoisotopic (exact) mass is 367 g/mol. The first-order chi connectivity index (χ1) is 12.2. The SMILES string of the molecule is Cc1cccn2c(=O)c(C=NN)c(Sc3nc4ccccc4s3)nc12. The van der Waals surface area contributed by atoms with Crippen LogP contribution in [0.3, 0.4) is 0 Å². The van der Waals surface area contributed by atoms with Gasteiger partial charge in [-0.05, 0) is 42.4 Å². The van der Waals surface area contributed by atoms with E-state index in [2.05, 4.69) is 15.1 Å². The number of hydrogen-bond donors (Lipinski definition) is 1. The minimum absolute atomic E-state index is 0.202. The number of hydrogen-bond acceptors (Lipinski definition) is 7. The maximum Gasteiger partial charge on any atom is 0.267 e. The summed E-state index contributed by atoms with van der Waals surface area (Å²) in [5, 5.41) is 4.08. The summed E-state index contributed by atoms with van der Waals surface area (Å²) < 4.78 is 3.42. The molecule has 1 aromatic carbocycles. The number of pyridine rings is 1. The molecule has 0 aliphatic carbocycles. The fourth-order valence-electron chi connectivity index (χ4n) is 2.53. The summed E-state index contributed by atoms with van der Waals surface area (Å²) in [5.41, 5.74) is 2.62. The Morgan fingerprint density at radius 2 is 2.08 bits per heavy atom. The van der Waals surface area contributed by atoms with Crippen LogP contribution in [0, 0.1) is 6.92 Å². The number of aromatic nitrogens is 3. The van der Waals surface area contributed by atoms with Crippen LogP contribution in [0.1, 0.15) is 11.1 Å². The second-order valence-electron chi connectivity index (χ2n) is 5.35. The first kappa shape index (κ1) is 15.8. The second-order valence-corrected chi connectivity index (χ2v) is 7.61. The third-order valence-electron chi connectivity index (χ3n) is 3.71. The highest BCUT2D eigenvalue weighted by Crippen LogP contribution is 2.34. The Balaban J connectivity index is 1.91. The molecule has 124 valence electrons. The molecule has 0 bridgehead atoms. The molecule has 0 amide bonds. The Bertz CT molecular complexity index is 1150. The van der Waals surface area contributed by atoms with Gasteiger partial charge in [0.25, 0.3) is 5.56 Å². The fraction of sp³-hybridized carbons (Fsp3) is 0.0588. The molecule has 3 aromatic heterocycles. The number of para-hydroxylation sites is 1. The molecular weight excluding hydrogens is 354 g/mol. The van der Waals surface area contributed by atoms with Crippen LogP contribution in [-0.2, 0) is 0 Å². The lowest BCUT2D eigenvalue weighted by Gasteiger charge is -2.08. The van der Waals surface area contributed by atoms with Crippen molar-refractivity contribution in [2.45, 2.75) is 16.3 Å². The first-order valence-electron chi connectivity index (χ1n) is 7.46. The number of nitrogens with two attached hydrogens (primary N) is 1. The van der Waals surface area contributed by atoms with Gasteiger partial charge in [0, 0.05) is 6.20 Å². The van der Waals surface area contributed by atoms with E-state index in [-0.39, 0.29) is 5.56 Å². The Morgan fingerprint density at radius 3 is 2.88 bits per heavy atom. The number of rotatable bonds is 3. The Labute approximate surface area is 151 Å². The summed E-state index contributed by atoms with van der Waals surface area (Å²) in [6.45, 7) is 1.92. The summed E-state index contributed by atoms with van der Waals surface area (Å²) in [7, 11) is 0. The van der Waals surface area contributed by atoms with Gasteiger partial charge in [0.15, 0.2) is 4.34 Å². The molecule has 0 saturated carbocycles. The van der Waals surface area contributed by atoms with E-state index in [0.717, 1.165) is 20.1 Å². The summed E-state index contributed by atoms with van der Waals surface area (Å²) in [6, 6.07) is 11.6. The normalized spacial score (nSPS) is 11.7. The average Bonchev–Trinajstić information content (AvgIpc) is 3.01. The van der Waals surface area contributed by atoms with Crippen molar-refractivity contribution in [1.29, 1.82) is 0 Å². The van der Waals surface area contributed by atoms with Crippen LogP contribution in [-0.4, -0.2) is 20.6 Å². The standard InChI is InChI=1S/C17H13N5OS2/c1-10-5-4-8-22-14(10)21-15(11(9-19-18)16(22)23)25-17-20-12-6-2-3-7-13(12)24-17/h2-9H,18H2,1H3. The van der Waals surface area contributed by atoms with E-state index < -0.39 is 0 Å². The lowest BCUT2D eigenvalue weighted by atomic mass is 10.3. The van der Waals surface area contributed by atoms with E-state index in [9.17, 15) is 4.79 Å². The summed E-state index contributed by atoms with van der Waals surface area (Å²) in [6.07, 6.45) is 3.04. The molecular formula is C17H13N5OS2. The third-order valence-corrected chi connectivity index (χ3v) is 5.81. The molecule has 6 nitrogen and oxygen atoms in total. The van der Waals surface area contributed by atoms with Gasteiger partial charge < -0.3 is 5.84 Å². The van der Waals surface area contributed by atoms with Gasteiger partial charge in [-0.1, -0.05) is 18.2 Å². The molecule has 2 N–H and O–H groups in total. The van der Waals surface area contributed by atoms with Crippen LogP contribution in [0.25, 0.3) is 15.9 Å². The van der Waals surface area contributed by atoms with Crippen molar-refractivity contribution in [2.75, 3.05) is 0 Å². The molecule has 0 spiro atoms. The molecule has 4 rings (SSSR count). The number of thiazole rings is 1. The van der Waals surface area contributed by atoms with Gasteiger partial charge in [-0.15, -0.1) is 11.3 Å². The molecule has 8 heteroatoms. The van der Waals surface area contributed by atoms with E-state index in [0.29, 0.717) is 16.2 Å². The number of hydrazone groups is 1. The highest BCUT2D eigenvalue weighted by Gasteiger charge is 2.15. The smallest absolute Gasteiger partial charge is 0.267 e. The lowest BCUT2D eigenvalue weighted by Crippen LogP contribution is -2.21. The molecule has 0 radical (unpaired) electrons. The van der Waals surface area contributed by atoms with Crippen molar-refractivity contribution >= 4 is 45.2 Å².